The maximum absolute atomic E-state index is 13.8. The van der Waals surface area contributed by atoms with E-state index in [4.69, 9.17) is 44.3 Å². The van der Waals surface area contributed by atoms with E-state index in [0.29, 0.717) is 41.4 Å². The molecule has 40 heavy (non-hydrogen) atoms. The van der Waals surface area contributed by atoms with Crippen molar-refractivity contribution in [2.24, 2.45) is 4.99 Å². The van der Waals surface area contributed by atoms with Crippen molar-refractivity contribution < 1.29 is 14.3 Å². The Morgan fingerprint density at radius 3 is 2.52 bits per heavy atom. The molecule has 4 aromatic rings. The van der Waals surface area contributed by atoms with Crippen LogP contribution in [-0.4, -0.2) is 17.1 Å². The first kappa shape index (κ1) is 28.2. The minimum absolute atomic E-state index is 0.204. The molecule has 5 rings (SSSR count). The number of fused-ring (bicyclic) bond motifs is 1. The van der Waals surface area contributed by atoms with E-state index in [1.807, 2.05) is 30.3 Å². The number of carbonyl (C=O) groups is 1. The van der Waals surface area contributed by atoms with E-state index in [2.05, 4.69) is 4.99 Å². The van der Waals surface area contributed by atoms with Crippen LogP contribution >= 0.6 is 46.1 Å². The Hall–Kier alpha value is -3.36. The van der Waals surface area contributed by atoms with Crippen LogP contribution in [0.1, 0.15) is 36.6 Å². The van der Waals surface area contributed by atoms with Gasteiger partial charge in [0.15, 0.2) is 4.80 Å². The van der Waals surface area contributed by atoms with Crippen LogP contribution in [0.3, 0.4) is 0 Å². The lowest BCUT2D eigenvalue weighted by Gasteiger charge is -2.24. The molecule has 0 fully saturated rings. The van der Waals surface area contributed by atoms with Gasteiger partial charge in [-0.25, -0.2) is 9.79 Å². The number of halogens is 3. The predicted octanol–water partition coefficient (Wildman–Crippen LogP) is 6.34. The van der Waals surface area contributed by atoms with Gasteiger partial charge < -0.3 is 9.47 Å². The Morgan fingerprint density at radius 1 is 1.05 bits per heavy atom. The van der Waals surface area contributed by atoms with Gasteiger partial charge in [0.25, 0.3) is 5.56 Å². The quantitative estimate of drug-likeness (QED) is 0.228. The Morgan fingerprint density at radius 2 is 1.80 bits per heavy atom. The largest absolute Gasteiger partial charge is 0.489 e. The van der Waals surface area contributed by atoms with Gasteiger partial charge in [-0.2, -0.15) is 0 Å². The number of thiazole rings is 1. The average Bonchev–Trinajstić information content (AvgIpc) is 3.22. The lowest BCUT2D eigenvalue weighted by atomic mass is 9.96. The van der Waals surface area contributed by atoms with Gasteiger partial charge in [0.1, 0.15) is 12.4 Å². The van der Waals surface area contributed by atoms with Crippen LogP contribution in [0.2, 0.25) is 15.1 Å². The van der Waals surface area contributed by atoms with Crippen LogP contribution in [0.15, 0.2) is 87.8 Å². The summed E-state index contributed by atoms with van der Waals surface area (Å²) in [6.07, 6.45) is 1.79. The van der Waals surface area contributed by atoms with Gasteiger partial charge >= 0.3 is 5.97 Å². The standard InChI is InChI=1S/C30H23Cl3N2O4S/c1-3-38-29(37)26-17(2)34-30-35(27(26)19-7-10-21(31)11-8-19)28(36)25(40-30)14-18-5-4-6-23(13-18)39-16-20-9-12-22(32)15-24(20)33/h4-15,27H,3,16H2,1-2H3/b25-14-. The van der Waals surface area contributed by atoms with Crippen molar-refractivity contribution >= 4 is 58.2 Å². The molecule has 0 bridgehead atoms. The van der Waals surface area contributed by atoms with Crippen molar-refractivity contribution in [2.45, 2.75) is 26.5 Å². The van der Waals surface area contributed by atoms with Gasteiger partial charge in [0.05, 0.1) is 28.5 Å². The first-order valence-corrected chi connectivity index (χ1v) is 14.3. The van der Waals surface area contributed by atoms with Crippen molar-refractivity contribution in [3.8, 4) is 5.75 Å². The van der Waals surface area contributed by atoms with Crippen molar-refractivity contribution in [3.63, 3.8) is 0 Å². The normalized spacial score (nSPS) is 15.0. The highest BCUT2D eigenvalue weighted by atomic mass is 35.5. The van der Waals surface area contributed by atoms with Gasteiger partial charge in [-0.3, -0.25) is 9.36 Å². The smallest absolute Gasteiger partial charge is 0.338 e. The third kappa shape index (κ3) is 5.88. The molecule has 1 unspecified atom stereocenters. The summed E-state index contributed by atoms with van der Waals surface area (Å²) < 4.78 is 13.3. The lowest BCUT2D eigenvalue weighted by Crippen LogP contribution is -2.39. The molecule has 2 heterocycles. The predicted molar refractivity (Wildman–Crippen MR) is 159 cm³/mol. The summed E-state index contributed by atoms with van der Waals surface area (Å²) in [5.41, 5.74) is 2.86. The van der Waals surface area contributed by atoms with Crippen LogP contribution in [0.4, 0.5) is 0 Å². The molecule has 1 aromatic heterocycles. The first-order valence-electron chi connectivity index (χ1n) is 12.4. The van der Waals surface area contributed by atoms with E-state index >= 15 is 0 Å². The number of nitrogens with zero attached hydrogens (tertiary/aromatic N) is 2. The molecule has 0 saturated carbocycles. The molecule has 0 saturated heterocycles. The Labute approximate surface area is 249 Å². The second-order valence-electron chi connectivity index (χ2n) is 8.95. The van der Waals surface area contributed by atoms with E-state index in [0.717, 1.165) is 16.7 Å². The fraction of sp³-hybridized carbons (Fsp3) is 0.167. The number of hydrogen-bond donors (Lipinski definition) is 0. The Balaban J connectivity index is 1.53. The average molecular weight is 614 g/mol. The maximum Gasteiger partial charge on any atom is 0.338 e. The van der Waals surface area contributed by atoms with Crippen molar-refractivity contribution in [2.75, 3.05) is 6.61 Å². The molecular weight excluding hydrogens is 591 g/mol. The fourth-order valence-corrected chi connectivity index (χ4v) is 6.03. The summed E-state index contributed by atoms with van der Waals surface area (Å²) >= 11 is 19.6. The highest BCUT2D eigenvalue weighted by Crippen LogP contribution is 2.31. The third-order valence-electron chi connectivity index (χ3n) is 6.27. The molecule has 204 valence electrons. The highest BCUT2D eigenvalue weighted by Gasteiger charge is 2.33. The zero-order valence-electron chi connectivity index (χ0n) is 21.5. The van der Waals surface area contributed by atoms with E-state index in [1.54, 1.807) is 60.9 Å². The summed E-state index contributed by atoms with van der Waals surface area (Å²) in [6, 6.07) is 19.0. The van der Waals surface area contributed by atoms with Gasteiger partial charge in [0, 0.05) is 20.6 Å². The molecule has 0 spiro atoms. The molecule has 3 aromatic carbocycles. The minimum Gasteiger partial charge on any atom is -0.489 e. The zero-order chi connectivity index (χ0) is 28.4. The van der Waals surface area contributed by atoms with E-state index < -0.39 is 12.0 Å². The van der Waals surface area contributed by atoms with E-state index in [1.165, 1.54) is 11.3 Å². The van der Waals surface area contributed by atoms with Crippen molar-refractivity contribution in [1.82, 2.24) is 4.57 Å². The van der Waals surface area contributed by atoms with Crippen molar-refractivity contribution in [1.29, 1.82) is 0 Å². The lowest BCUT2D eigenvalue weighted by molar-refractivity contribution is -0.139. The second-order valence-corrected chi connectivity index (χ2v) is 11.2. The number of carbonyl (C=O) groups excluding carboxylic acids is 1. The summed E-state index contributed by atoms with van der Waals surface area (Å²) in [7, 11) is 0. The Kier molecular flexibility index (Phi) is 8.47. The van der Waals surface area contributed by atoms with Crippen LogP contribution in [0.25, 0.3) is 6.08 Å². The molecule has 1 aliphatic heterocycles. The fourth-order valence-electron chi connectivity index (χ4n) is 4.40. The van der Waals surface area contributed by atoms with Gasteiger partial charge in [-0.05, 0) is 67.4 Å². The van der Waals surface area contributed by atoms with Gasteiger partial charge in [0.2, 0.25) is 0 Å². The number of esters is 1. The van der Waals surface area contributed by atoms with E-state index in [9.17, 15) is 9.59 Å². The van der Waals surface area contributed by atoms with Crippen LogP contribution in [-0.2, 0) is 16.1 Å². The van der Waals surface area contributed by atoms with Crippen LogP contribution < -0.4 is 19.6 Å². The number of aromatic nitrogens is 1. The number of benzene rings is 3. The van der Waals surface area contributed by atoms with Gasteiger partial charge in [-0.15, -0.1) is 0 Å². The Bertz CT molecular complexity index is 1810. The number of allylic oxidation sites excluding steroid dienone is 1. The molecule has 1 aliphatic rings. The molecule has 0 amide bonds. The minimum atomic E-state index is -0.700. The molecule has 1 atom stereocenters. The summed E-state index contributed by atoms with van der Waals surface area (Å²) in [5.74, 6) is 0.107. The third-order valence-corrected chi connectivity index (χ3v) is 8.09. The zero-order valence-corrected chi connectivity index (χ0v) is 24.6. The monoisotopic (exact) mass is 612 g/mol. The topological polar surface area (TPSA) is 69.9 Å². The number of ether oxygens (including phenoxy) is 2. The summed E-state index contributed by atoms with van der Waals surface area (Å²) in [5, 5.41) is 1.63. The first-order chi connectivity index (χ1) is 19.2. The van der Waals surface area contributed by atoms with Crippen molar-refractivity contribution in [3.05, 3.63) is 129 Å². The highest BCUT2D eigenvalue weighted by molar-refractivity contribution is 7.07. The maximum atomic E-state index is 13.8. The van der Waals surface area contributed by atoms with Gasteiger partial charge in [-0.1, -0.05) is 76.5 Å². The van der Waals surface area contributed by atoms with Crippen LogP contribution in [0.5, 0.6) is 5.75 Å². The molecule has 10 heteroatoms. The number of rotatable bonds is 7. The van der Waals surface area contributed by atoms with Crippen LogP contribution in [0, 0.1) is 0 Å². The second kappa shape index (κ2) is 12.0. The molecular formula is C30H23Cl3N2O4S. The number of hydrogen-bond acceptors (Lipinski definition) is 6. The summed E-state index contributed by atoms with van der Waals surface area (Å²) in [6.45, 7) is 3.96. The van der Waals surface area contributed by atoms with E-state index in [-0.39, 0.29) is 18.8 Å². The SMILES string of the molecule is CCOC(=O)C1=C(C)N=c2s/c(=C\c3cccc(OCc4ccc(Cl)cc4Cl)c3)c(=O)n2C1c1ccc(Cl)cc1. The molecule has 0 aliphatic carbocycles. The molecule has 0 N–H and O–H groups in total. The summed E-state index contributed by atoms with van der Waals surface area (Å²) in [4.78, 5) is 31.9. The molecule has 6 nitrogen and oxygen atoms in total. The molecule has 0 radical (unpaired) electrons.